The molecule has 1 atom stereocenters. The van der Waals surface area contributed by atoms with Crippen molar-refractivity contribution in [2.45, 2.75) is 26.0 Å². The first-order valence-electron chi connectivity index (χ1n) is 5.70. The number of hydrogen-bond acceptors (Lipinski definition) is 4. The fourth-order valence-electron chi connectivity index (χ4n) is 1.61. The minimum absolute atomic E-state index is 0.278. The summed E-state index contributed by atoms with van der Waals surface area (Å²) in [5.74, 6) is -0.786. The van der Waals surface area contributed by atoms with Crippen molar-refractivity contribution in [3.8, 4) is 0 Å². The van der Waals surface area contributed by atoms with Crippen LogP contribution in [0.4, 0.5) is 10.1 Å². The van der Waals surface area contributed by atoms with Crippen LogP contribution in [-0.4, -0.2) is 34.6 Å². The highest BCUT2D eigenvalue weighted by atomic mass is 19.1. The smallest absolute Gasteiger partial charge is 0.305 e. The predicted molar refractivity (Wildman–Crippen MR) is 65.7 cm³/mol. The molecule has 0 aliphatic carbocycles. The predicted octanol–water partition coefficient (Wildman–Crippen LogP) is 1.94. The Bertz CT molecular complexity index is 424. The molecule has 0 aromatic heterocycles. The third kappa shape index (κ3) is 4.05. The second-order valence-electron chi connectivity index (χ2n) is 4.38. The fourth-order valence-corrected chi connectivity index (χ4v) is 1.61. The average molecular weight is 256 g/mol. The van der Waals surface area contributed by atoms with E-state index in [4.69, 9.17) is 5.11 Å². The molecule has 0 saturated carbocycles. The van der Waals surface area contributed by atoms with E-state index in [9.17, 15) is 14.5 Å². The Balaban J connectivity index is 2.73. The molecule has 0 aliphatic rings. The second-order valence-corrected chi connectivity index (χ2v) is 4.38. The number of nitro benzene ring substituents is 1. The van der Waals surface area contributed by atoms with Gasteiger partial charge in [-0.2, -0.15) is 4.39 Å². The highest BCUT2D eigenvalue weighted by Gasteiger charge is 2.17. The van der Waals surface area contributed by atoms with E-state index in [0.29, 0.717) is 13.0 Å². The van der Waals surface area contributed by atoms with Gasteiger partial charge in [-0.25, -0.2) is 0 Å². The van der Waals surface area contributed by atoms with Gasteiger partial charge in [0.25, 0.3) is 0 Å². The largest absolute Gasteiger partial charge is 0.393 e. The molecule has 6 heteroatoms. The molecule has 0 aliphatic heterocycles. The number of hydrogen-bond donors (Lipinski definition) is 1. The van der Waals surface area contributed by atoms with Gasteiger partial charge >= 0.3 is 5.69 Å². The van der Waals surface area contributed by atoms with Gasteiger partial charge in [-0.3, -0.25) is 10.1 Å². The minimum Gasteiger partial charge on any atom is -0.393 e. The standard InChI is InChI=1S/C12H17FN2O3/c1-9(16)6-7-14(2)8-10-4-3-5-11(12(10)13)15(17)18/h3-5,9,16H,6-8H2,1-2H3. The van der Waals surface area contributed by atoms with Gasteiger partial charge in [-0.15, -0.1) is 0 Å². The zero-order valence-corrected chi connectivity index (χ0v) is 10.5. The van der Waals surface area contributed by atoms with Crippen LogP contribution in [0.1, 0.15) is 18.9 Å². The molecule has 0 saturated heterocycles. The summed E-state index contributed by atoms with van der Waals surface area (Å²) in [4.78, 5) is 11.7. The minimum atomic E-state index is -0.786. The van der Waals surface area contributed by atoms with Crippen molar-refractivity contribution in [3.05, 3.63) is 39.7 Å². The lowest BCUT2D eigenvalue weighted by Gasteiger charge is -2.17. The summed E-state index contributed by atoms with van der Waals surface area (Å²) < 4.78 is 13.8. The molecular weight excluding hydrogens is 239 g/mol. The zero-order valence-electron chi connectivity index (χ0n) is 10.5. The molecule has 0 heterocycles. The van der Waals surface area contributed by atoms with Gasteiger partial charge in [-0.1, -0.05) is 12.1 Å². The molecule has 0 radical (unpaired) electrons. The van der Waals surface area contributed by atoms with E-state index >= 15 is 0 Å². The highest BCUT2D eigenvalue weighted by molar-refractivity contribution is 5.36. The molecule has 1 aromatic rings. The lowest BCUT2D eigenvalue weighted by molar-refractivity contribution is -0.387. The van der Waals surface area contributed by atoms with Gasteiger partial charge in [0.2, 0.25) is 5.82 Å². The van der Waals surface area contributed by atoms with E-state index in [1.165, 1.54) is 12.1 Å². The summed E-state index contributed by atoms with van der Waals surface area (Å²) in [5.41, 5.74) is -0.214. The van der Waals surface area contributed by atoms with Crippen LogP contribution in [0, 0.1) is 15.9 Å². The van der Waals surface area contributed by atoms with Crippen LogP contribution in [0.3, 0.4) is 0 Å². The van der Waals surface area contributed by atoms with Gasteiger partial charge in [0.1, 0.15) is 0 Å². The second kappa shape index (κ2) is 6.42. The molecule has 0 amide bonds. The Morgan fingerprint density at radius 3 is 2.78 bits per heavy atom. The monoisotopic (exact) mass is 256 g/mol. The van der Waals surface area contributed by atoms with Gasteiger partial charge in [-0.05, 0) is 20.4 Å². The van der Waals surface area contributed by atoms with Crippen LogP contribution >= 0.6 is 0 Å². The number of aliphatic hydroxyl groups is 1. The Morgan fingerprint density at radius 2 is 2.22 bits per heavy atom. The maximum atomic E-state index is 13.8. The number of nitro groups is 1. The van der Waals surface area contributed by atoms with E-state index < -0.39 is 22.5 Å². The quantitative estimate of drug-likeness (QED) is 0.624. The summed E-state index contributed by atoms with van der Waals surface area (Å²) in [7, 11) is 1.78. The zero-order chi connectivity index (χ0) is 13.7. The van der Waals surface area contributed by atoms with Crippen LogP contribution in [0.2, 0.25) is 0 Å². The van der Waals surface area contributed by atoms with Crippen LogP contribution in [0.15, 0.2) is 18.2 Å². The van der Waals surface area contributed by atoms with Crippen LogP contribution in [0.25, 0.3) is 0 Å². The number of nitrogens with zero attached hydrogens (tertiary/aromatic N) is 2. The van der Waals surface area contributed by atoms with Crippen molar-refractivity contribution in [3.63, 3.8) is 0 Å². The summed E-state index contributed by atoms with van der Waals surface area (Å²) in [6.07, 6.45) is 0.162. The maximum absolute atomic E-state index is 13.8. The molecule has 0 spiro atoms. The molecular formula is C12H17FN2O3. The molecule has 1 unspecified atom stereocenters. The molecule has 1 N–H and O–H groups in total. The number of halogens is 1. The molecule has 0 fully saturated rings. The third-order valence-corrected chi connectivity index (χ3v) is 2.62. The number of aliphatic hydroxyl groups excluding tert-OH is 1. The van der Waals surface area contributed by atoms with Crippen molar-refractivity contribution >= 4 is 5.69 Å². The van der Waals surface area contributed by atoms with E-state index in [1.807, 2.05) is 4.90 Å². The third-order valence-electron chi connectivity index (χ3n) is 2.62. The van der Waals surface area contributed by atoms with Crippen LogP contribution in [0.5, 0.6) is 0 Å². The van der Waals surface area contributed by atoms with Gasteiger partial charge in [0.05, 0.1) is 11.0 Å². The topological polar surface area (TPSA) is 66.6 Å². The molecule has 1 aromatic carbocycles. The van der Waals surface area contributed by atoms with Crippen molar-refractivity contribution in [2.24, 2.45) is 0 Å². The molecule has 0 bridgehead atoms. The molecule has 1 rings (SSSR count). The summed E-state index contributed by atoms with van der Waals surface area (Å²) >= 11 is 0. The summed E-state index contributed by atoms with van der Waals surface area (Å²) in [6, 6.07) is 4.15. The van der Waals surface area contributed by atoms with Crippen molar-refractivity contribution in [2.75, 3.05) is 13.6 Å². The lowest BCUT2D eigenvalue weighted by Crippen LogP contribution is -2.22. The van der Waals surface area contributed by atoms with Crippen molar-refractivity contribution in [1.29, 1.82) is 0 Å². The Kier molecular flexibility index (Phi) is 5.18. The maximum Gasteiger partial charge on any atom is 0.305 e. The van der Waals surface area contributed by atoms with Crippen molar-refractivity contribution in [1.82, 2.24) is 4.90 Å². The number of benzene rings is 1. The highest BCUT2D eigenvalue weighted by Crippen LogP contribution is 2.21. The van der Waals surface area contributed by atoms with Gasteiger partial charge in [0.15, 0.2) is 0 Å². The van der Waals surface area contributed by atoms with E-state index in [1.54, 1.807) is 14.0 Å². The Morgan fingerprint density at radius 1 is 1.56 bits per heavy atom. The normalized spacial score (nSPS) is 12.7. The molecule has 5 nitrogen and oxygen atoms in total. The first kappa shape index (κ1) is 14.5. The Hall–Kier alpha value is -1.53. The molecule has 100 valence electrons. The number of rotatable bonds is 6. The Labute approximate surface area is 105 Å². The first-order chi connectivity index (χ1) is 8.41. The van der Waals surface area contributed by atoms with Gasteiger partial charge in [0, 0.05) is 24.7 Å². The fraction of sp³-hybridized carbons (Fsp3) is 0.500. The van der Waals surface area contributed by atoms with Crippen molar-refractivity contribution < 1.29 is 14.4 Å². The van der Waals surface area contributed by atoms with Gasteiger partial charge < -0.3 is 10.0 Å². The summed E-state index contributed by atoms with van der Waals surface area (Å²) in [6.45, 7) is 2.56. The van der Waals surface area contributed by atoms with E-state index in [2.05, 4.69) is 0 Å². The first-order valence-corrected chi connectivity index (χ1v) is 5.70. The van der Waals surface area contributed by atoms with E-state index in [-0.39, 0.29) is 12.1 Å². The van der Waals surface area contributed by atoms with Crippen LogP contribution < -0.4 is 0 Å². The van der Waals surface area contributed by atoms with Crippen LogP contribution in [-0.2, 0) is 6.54 Å². The lowest BCUT2D eigenvalue weighted by atomic mass is 10.1. The average Bonchev–Trinajstić information content (AvgIpc) is 2.29. The molecule has 18 heavy (non-hydrogen) atoms. The summed E-state index contributed by atoms with van der Waals surface area (Å²) in [5, 5.41) is 19.7. The SMILES string of the molecule is CC(O)CCN(C)Cc1cccc([N+](=O)[O-])c1F. The van der Waals surface area contributed by atoms with E-state index in [0.717, 1.165) is 6.07 Å².